The molecule has 4 rings (SSSR count). The van der Waals surface area contributed by atoms with Crippen molar-refractivity contribution in [1.82, 2.24) is 15.3 Å². The van der Waals surface area contributed by atoms with Crippen LogP contribution in [0.1, 0.15) is 30.9 Å². The van der Waals surface area contributed by atoms with Crippen LogP contribution in [0.5, 0.6) is 5.75 Å². The molecule has 0 amide bonds. The molecular weight excluding hydrogens is 361 g/mol. The summed E-state index contributed by atoms with van der Waals surface area (Å²) < 4.78 is 19.7. The molecule has 2 fully saturated rings. The summed E-state index contributed by atoms with van der Waals surface area (Å²) in [6, 6.07) is 6.74. The number of benzene rings is 1. The van der Waals surface area contributed by atoms with Gasteiger partial charge in [-0.1, -0.05) is 6.07 Å². The molecule has 150 valence electrons. The Morgan fingerprint density at radius 1 is 1.36 bits per heavy atom. The maximum Gasteiger partial charge on any atom is 0.134 e. The maximum absolute atomic E-state index is 14.6. The molecule has 1 aromatic heterocycles. The molecule has 0 radical (unpaired) electrons. The number of nitrogens with two attached hydrogens (primary N) is 1. The molecule has 0 bridgehead atoms. The van der Waals surface area contributed by atoms with Crippen molar-refractivity contribution in [3.8, 4) is 5.75 Å². The van der Waals surface area contributed by atoms with Gasteiger partial charge in [0.2, 0.25) is 0 Å². The molecule has 2 aromatic rings. The number of methoxy groups -OCH3 is 1. The van der Waals surface area contributed by atoms with Crippen LogP contribution in [-0.2, 0) is 0 Å². The molecule has 0 spiro atoms. The molecule has 1 unspecified atom stereocenters. The van der Waals surface area contributed by atoms with E-state index in [2.05, 4.69) is 15.3 Å². The first-order valence-electron chi connectivity index (χ1n) is 9.64. The van der Waals surface area contributed by atoms with Crippen LogP contribution in [0.4, 0.5) is 16.0 Å². The summed E-state index contributed by atoms with van der Waals surface area (Å²) in [7, 11) is 1.53. The van der Waals surface area contributed by atoms with Crippen LogP contribution in [0.25, 0.3) is 0 Å². The van der Waals surface area contributed by atoms with E-state index in [1.165, 1.54) is 19.5 Å². The van der Waals surface area contributed by atoms with Gasteiger partial charge in [0.1, 0.15) is 29.5 Å². The lowest BCUT2D eigenvalue weighted by Gasteiger charge is -2.28. The van der Waals surface area contributed by atoms with E-state index in [-0.39, 0.29) is 17.9 Å². The number of aromatic nitrogens is 2. The number of β-amino-alcohol motifs (C(OH)–C–C–N with tert-alkyl or cyclic N) is 1. The average Bonchev–Trinajstić information content (AvgIpc) is 3.45. The van der Waals surface area contributed by atoms with E-state index in [0.29, 0.717) is 48.4 Å². The van der Waals surface area contributed by atoms with Gasteiger partial charge in [0.05, 0.1) is 13.2 Å². The Hall–Kier alpha value is -2.45. The Labute approximate surface area is 163 Å². The number of ether oxygens (including phenoxy) is 1. The van der Waals surface area contributed by atoms with Gasteiger partial charge in [-0.3, -0.25) is 0 Å². The summed E-state index contributed by atoms with van der Waals surface area (Å²) >= 11 is 0. The Balaban J connectivity index is 1.49. The highest BCUT2D eigenvalue weighted by atomic mass is 19.1. The largest absolute Gasteiger partial charge is 0.497 e. The summed E-state index contributed by atoms with van der Waals surface area (Å²) in [6.45, 7) is 1.11. The number of nitrogen functional groups attached to an aromatic ring is 1. The zero-order valence-electron chi connectivity index (χ0n) is 15.9. The van der Waals surface area contributed by atoms with Crippen molar-refractivity contribution in [2.24, 2.45) is 5.92 Å². The molecule has 1 saturated carbocycles. The second-order valence-electron chi connectivity index (χ2n) is 7.61. The number of aliphatic hydroxyl groups is 1. The number of hydrogen-bond donors (Lipinski definition) is 3. The fraction of sp³-hybridized carbons (Fsp3) is 0.500. The van der Waals surface area contributed by atoms with Gasteiger partial charge in [0.15, 0.2) is 0 Å². The second-order valence-corrected chi connectivity index (χ2v) is 7.61. The van der Waals surface area contributed by atoms with Crippen molar-refractivity contribution in [2.45, 2.75) is 37.5 Å². The Kier molecular flexibility index (Phi) is 5.32. The number of hydrogen-bond acceptors (Lipinski definition) is 7. The molecule has 3 atom stereocenters. The molecule has 2 aliphatic rings. The molecular formula is C20H26FN5O2. The van der Waals surface area contributed by atoms with Gasteiger partial charge in [0, 0.05) is 42.9 Å². The molecule has 1 saturated heterocycles. The predicted molar refractivity (Wildman–Crippen MR) is 105 cm³/mol. The van der Waals surface area contributed by atoms with Crippen LogP contribution in [0.3, 0.4) is 0 Å². The van der Waals surface area contributed by atoms with Crippen molar-refractivity contribution in [3.05, 3.63) is 42.0 Å². The highest BCUT2D eigenvalue weighted by molar-refractivity contribution is 5.48. The Morgan fingerprint density at radius 2 is 2.18 bits per heavy atom. The fourth-order valence-electron chi connectivity index (χ4n) is 3.99. The van der Waals surface area contributed by atoms with Crippen molar-refractivity contribution in [2.75, 3.05) is 30.8 Å². The van der Waals surface area contributed by atoms with E-state index in [0.717, 1.165) is 12.8 Å². The average molecular weight is 387 g/mol. The van der Waals surface area contributed by atoms with Crippen LogP contribution in [-0.4, -0.2) is 47.4 Å². The number of rotatable bonds is 7. The van der Waals surface area contributed by atoms with Gasteiger partial charge in [-0.25, -0.2) is 14.4 Å². The summed E-state index contributed by atoms with van der Waals surface area (Å²) in [4.78, 5) is 10.3. The van der Waals surface area contributed by atoms with Crippen LogP contribution in [0, 0.1) is 11.7 Å². The number of halogens is 1. The van der Waals surface area contributed by atoms with Crippen LogP contribution >= 0.6 is 0 Å². The third-order valence-corrected chi connectivity index (χ3v) is 5.57. The smallest absolute Gasteiger partial charge is 0.134 e. The van der Waals surface area contributed by atoms with Gasteiger partial charge in [-0.15, -0.1) is 0 Å². The van der Waals surface area contributed by atoms with Crippen LogP contribution in [0.2, 0.25) is 0 Å². The van der Waals surface area contributed by atoms with E-state index >= 15 is 0 Å². The summed E-state index contributed by atoms with van der Waals surface area (Å²) in [6.07, 6.45) is 3.80. The minimum atomic E-state index is -0.430. The molecule has 28 heavy (non-hydrogen) atoms. The van der Waals surface area contributed by atoms with E-state index in [1.54, 1.807) is 18.2 Å². The van der Waals surface area contributed by atoms with E-state index in [9.17, 15) is 9.50 Å². The van der Waals surface area contributed by atoms with Crippen molar-refractivity contribution < 1.29 is 14.2 Å². The van der Waals surface area contributed by atoms with Gasteiger partial charge in [-0.05, 0) is 31.2 Å². The first kappa shape index (κ1) is 18.9. The zero-order chi connectivity index (χ0) is 19.7. The molecule has 1 aliphatic carbocycles. The third-order valence-electron chi connectivity index (χ3n) is 5.57. The molecule has 4 N–H and O–H groups in total. The molecule has 2 heterocycles. The molecule has 1 aromatic carbocycles. The normalized spacial score (nSPS) is 23.0. The van der Waals surface area contributed by atoms with Crippen molar-refractivity contribution >= 4 is 11.6 Å². The number of aliphatic hydroxyl groups excluding tert-OH is 1. The highest BCUT2D eigenvalue weighted by Crippen LogP contribution is 2.42. The van der Waals surface area contributed by atoms with Crippen molar-refractivity contribution in [3.63, 3.8) is 0 Å². The highest BCUT2D eigenvalue weighted by Gasteiger charge is 2.37. The van der Waals surface area contributed by atoms with E-state index < -0.39 is 6.10 Å². The first-order chi connectivity index (χ1) is 13.5. The second kappa shape index (κ2) is 7.89. The minimum absolute atomic E-state index is 0.0480. The summed E-state index contributed by atoms with van der Waals surface area (Å²) in [5.41, 5.74) is 6.45. The number of nitrogens with one attached hydrogen (secondary N) is 1. The predicted octanol–water partition coefficient (Wildman–Crippen LogP) is 1.89. The van der Waals surface area contributed by atoms with Gasteiger partial charge in [-0.2, -0.15) is 0 Å². The lowest BCUT2D eigenvalue weighted by Crippen LogP contribution is -2.40. The van der Waals surface area contributed by atoms with Crippen molar-refractivity contribution in [1.29, 1.82) is 0 Å². The maximum atomic E-state index is 14.6. The van der Waals surface area contributed by atoms with E-state index in [1.807, 2.05) is 4.90 Å². The molecule has 1 aliphatic heterocycles. The van der Waals surface area contributed by atoms with E-state index in [4.69, 9.17) is 10.5 Å². The Morgan fingerprint density at radius 3 is 2.86 bits per heavy atom. The Bertz CT molecular complexity index is 832. The quantitative estimate of drug-likeness (QED) is 0.667. The minimum Gasteiger partial charge on any atom is -0.497 e. The standard InChI is InChI=1S/C20H26FN5O2/c1-28-15-4-5-16(17(21)7-15)20(12-2-3-12)23-9-13-6-14(27)10-26(13)19-8-18(22)24-11-25-19/h4-5,7-8,11-14,20,23,27H,2-3,6,9-10H2,1H3,(H2,22,24,25)/t13-,14-,20?/m1/s1. The lowest BCUT2D eigenvalue weighted by molar-refractivity contribution is 0.193. The monoisotopic (exact) mass is 387 g/mol. The summed E-state index contributed by atoms with van der Waals surface area (Å²) in [5.74, 6) is 1.79. The zero-order valence-corrected chi connectivity index (χ0v) is 15.9. The first-order valence-corrected chi connectivity index (χ1v) is 9.64. The van der Waals surface area contributed by atoms with Gasteiger partial charge in [0.25, 0.3) is 0 Å². The van der Waals surface area contributed by atoms with Gasteiger partial charge >= 0.3 is 0 Å². The fourth-order valence-corrected chi connectivity index (χ4v) is 3.99. The molecule has 8 heteroatoms. The SMILES string of the molecule is COc1ccc(C(NC[C@H]2C[C@@H](O)CN2c2cc(N)ncn2)C2CC2)c(F)c1. The topological polar surface area (TPSA) is 96.5 Å². The summed E-state index contributed by atoms with van der Waals surface area (Å²) in [5, 5.41) is 13.7. The lowest BCUT2D eigenvalue weighted by atomic mass is 10.0. The van der Waals surface area contributed by atoms with Crippen LogP contribution in [0.15, 0.2) is 30.6 Å². The van der Waals surface area contributed by atoms with Gasteiger partial charge < -0.3 is 25.8 Å². The van der Waals surface area contributed by atoms with Crippen LogP contribution < -0.4 is 20.7 Å². The molecule has 7 nitrogen and oxygen atoms in total. The number of nitrogens with zero attached hydrogens (tertiary/aromatic N) is 3. The number of anilines is 2. The third kappa shape index (κ3) is 4.02.